The van der Waals surface area contributed by atoms with Crippen molar-refractivity contribution in [1.29, 1.82) is 0 Å². The Labute approximate surface area is 96.9 Å². The Morgan fingerprint density at radius 2 is 2.06 bits per heavy atom. The molecule has 0 aliphatic rings. The van der Waals surface area contributed by atoms with Crippen molar-refractivity contribution in [2.75, 3.05) is 18.0 Å². The van der Waals surface area contributed by atoms with Gasteiger partial charge in [-0.2, -0.15) is 0 Å². The molecule has 0 aliphatic carbocycles. The Morgan fingerprint density at radius 3 is 2.56 bits per heavy atom. The molecule has 5 nitrogen and oxygen atoms in total. The first kappa shape index (κ1) is 12.3. The van der Waals surface area contributed by atoms with Crippen molar-refractivity contribution in [3.8, 4) is 0 Å². The van der Waals surface area contributed by atoms with Crippen LogP contribution in [0.2, 0.25) is 5.02 Å². The Kier molecular flexibility index (Phi) is 4.13. The van der Waals surface area contributed by atoms with Crippen LogP contribution in [0.25, 0.3) is 0 Å². The van der Waals surface area contributed by atoms with E-state index in [1.54, 1.807) is 18.2 Å². The van der Waals surface area contributed by atoms with Gasteiger partial charge in [-0.25, -0.2) is 0 Å². The number of carbonyl (C=O) groups excluding carboxylic acids is 1. The van der Waals surface area contributed by atoms with Gasteiger partial charge in [-0.1, -0.05) is 17.7 Å². The Balaban J connectivity index is 2.90. The third-order valence-corrected chi connectivity index (χ3v) is 2.05. The molecule has 0 saturated heterocycles. The predicted octanol–water partition coefficient (Wildman–Crippen LogP) is -0.0191. The van der Waals surface area contributed by atoms with Crippen LogP contribution in [0.5, 0.6) is 0 Å². The van der Waals surface area contributed by atoms with Gasteiger partial charge < -0.3 is 19.9 Å². The van der Waals surface area contributed by atoms with Gasteiger partial charge in [0, 0.05) is 10.7 Å². The first-order chi connectivity index (χ1) is 7.49. The third kappa shape index (κ3) is 3.78. The summed E-state index contributed by atoms with van der Waals surface area (Å²) >= 11 is 5.72. The van der Waals surface area contributed by atoms with Crippen LogP contribution in [-0.4, -0.2) is 30.1 Å². The first-order valence-electron chi connectivity index (χ1n) is 4.41. The molecule has 0 atom stereocenters. The van der Waals surface area contributed by atoms with E-state index in [9.17, 15) is 14.7 Å². The molecule has 1 aromatic carbocycles. The van der Waals surface area contributed by atoms with Crippen LogP contribution in [0.1, 0.15) is 0 Å². The zero-order valence-electron chi connectivity index (χ0n) is 8.22. The van der Waals surface area contributed by atoms with E-state index < -0.39 is 25.0 Å². The van der Waals surface area contributed by atoms with Gasteiger partial charge in [-0.15, -0.1) is 0 Å². The number of hydrogen-bond acceptors (Lipinski definition) is 4. The average molecular weight is 243 g/mol. The van der Waals surface area contributed by atoms with Gasteiger partial charge in [0.2, 0.25) is 0 Å². The van der Waals surface area contributed by atoms with E-state index in [1.807, 2.05) is 0 Å². The molecule has 0 aromatic heterocycles. The van der Waals surface area contributed by atoms with Crippen LogP contribution >= 0.6 is 11.6 Å². The number of hydrogen-bond donors (Lipinski definition) is 1. The largest absolute Gasteiger partial charge is 0.548 e. The minimum Gasteiger partial charge on any atom is -0.548 e. The lowest BCUT2D eigenvalue weighted by Gasteiger charge is -2.23. The highest BCUT2D eigenvalue weighted by Gasteiger charge is 2.10. The van der Waals surface area contributed by atoms with E-state index >= 15 is 0 Å². The maximum absolute atomic E-state index is 10.6. The van der Waals surface area contributed by atoms with Crippen LogP contribution < -0.4 is 10.0 Å². The van der Waals surface area contributed by atoms with Crippen LogP contribution in [0.3, 0.4) is 0 Å². The number of rotatable bonds is 5. The fourth-order valence-electron chi connectivity index (χ4n) is 1.23. The first-order valence-corrected chi connectivity index (χ1v) is 4.79. The summed E-state index contributed by atoms with van der Waals surface area (Å²) in [5.74, 6) is -2.47. The van der Waals surface area contributed by atoms with Gasteiger partial charge in [0.15, 0.2) is 0 Å². The Bertz CT molecular complexity index is 392. The highest BCUT2D eigenvalue weighted by molar-refractivity contribution is 6.30. The molecule has 1 N–H and O–H groups in total. The smallest absolute Gasteiger partial charge is 0.323 e. The van der Waals surface area contributed by atoms with E-state index in [4.69, 9.17) is 16.7 Å². The predicted molar refractivity (Wildman–Crippen MR) is 56.3 cm³/mol. The summed E-state index contributed by atoms with van der Waals surface area (Å²) in [6.45, 7) is -0.916. The maximum atomic E-state index is 10.6. The topological polar surface area (TPSA) is 80.7 Å². The summed E-state index contributed by atoms with van der Waals surface area (Å²) in [6.07, 6.45) is 0. The van der Waals surface area contributed by atoms with Crippen LogP contribution in [-0.2, 0) is 9.59 Å². The normalized spacial score (nSPS) is 9.81. The molecule has 0 radical (unpaired) electrons. The number of nitrogens with zero attached hydrogens (tertiary/aromatic N) is 1. The highest BCUT2D eigenvalue weighted by atomic mass is 35.5. The summed E-state index contributed by atoms with van der Waals surface area (Å²) in [5, 5.41) is 19.5. The molecular weight excluding hydrogens is 234 g/mol. The van der Waals surface area contributed by atoms with Gasteiger partial charge >= 0.3 is 5.97 Å². The molecule has 0 amide bonds. The second-order valence-electron chi connectivity index (χ2n) is 3.10. The van der Waals surface area contributed by atoms with E-state index in [0.29, 0.717) is 10.7 Å². The number of benzene rings is 1. The number of carboxylic acid groups (broad SMARTS) is 2. The molecule has 0 aliphatic heterocycles. The van der Waals surface area contributed by atoms with Gasteiger partial charge in [0.05, 0.1) is 12.5 Å². The monoisotopic (exact) mass is 242 g/mol. The van der Waals surface area contributed by atoms with Gasteiger partial charge in [-0.05, 0) is 18.2 Å². The Hall–Kier alpha value is -1.75. The van der Waals surface area contributed by atoms with Crippen LogP contribution in [0.15, 0.2) is 24.3 Å². The molecule has 1 rings (SSSR count). The number of aliphatic carboxylic acids is 2. The second-order valence-corrected chi connectivity index (χ2v) is 3.54. The van der Waals surface area contributed by atoms with Crippen molar-refractivity contribution >= 4 is 29.2 Å². The van der Waals surface area contributed by atoms with Gasteiger partial charge in [0.1, 0.15) is 6.54 Å². The third-order valence-electron chi connectivity index (χ3n) is 1.82. The lowest BCUT2D eigenvalue weighted by atomic mass is 10.3. The standard InChI is InChI=1S/C10H10ClNO4/c11-7-2-1-3-8(4-7)12(5-9(13)14)6-10(15)16/h1-4H,5-6H2,(H,13,14)(H,15,16)/p-1. The van der Waals surface area contributed by atoms with E-state index in [0.717, 1.165) is 4.90 Å². The number of carbonyl (C=O) groups is 2. The van der Waals surface area contributed by atoms with Gasteiger partial charge in [-0.3, -0.25) is 4.79 Å². The van der Waals surface area contributed by atoms with Crippen LogP contribution in [0.4, 0.5) is 5.69 Å². The molecule has 0 saturated carbocycles. The number of halogens is 1. The quantitative estimate of drug-likeness (QED) is 0.785. The van der Waals surface area contributed by atoms with Crippen molar-refractivity contribution in [2.24, 2.45) is 0 Å². The van der Waals surface area contributed by atoms with E-state index in [2.05, 4.69) is 0 Å². The lowest BCUT2D eigenvalue weighted by molar-refractivity contribution is -0.303. The molecule has 0 fully saturated rings. The molecule has 6 heteroatoms. The molecule has 0 spiro atoms. The highest BCUT2D eigenvalue weighted by Crippen LogP contribution is 2.18. The molecule has 0 heterocycles. The summed E-state index contributed by atoms with van der Waals surface area (Å²) in [5.41, 5.74) is 0.430. The molecule has 1 aromatic rings. The SMILES string of the molecule is O=C([O-])CN(CC(=O)O)c1cccc(Cl)c1. The van der Waals surface area contributed by atoms with Crippen molar-refractivity contribution in [3.05, 3.63) is 29.3 Å². The summed E-state index contributed by atoms with van der Waals surface area (Å²) < 4.78 is 0. The summed E-state index contributed by atoms with van der Waals surface area (Å²) in [7, 11) is 0. The number of carboxylic acids is 2. The second kappa shape index (κ2) is 5.37. The Morgan fingerprint density at radius 1 is 1.38 bits per heavy atom. The molecule has 16 heavy (non-hydrogen) atoms. The lowest BCUT2D eigenvalue weighted by Crippen LogP contribution is -2.40. The maximum Gasteiger partial charge on any atom is 0.323 e. The fourth-order valence-corrected chi connectivity index (χ4v) is 1.41. The van der Waals surface area contributed by atoms with Crippen molar-refractivity contribution in [2.45, 2.75) is 0 Å². The zero-order chi connectivity index (χ0) is 12.1. The fraction of sp³-hybridized carbons (Fsp3) is 0.200. The van der Waals surface area contributed by atoms with Crippen molar-refractivity contribution in [3.63, 3.8) is 0 Å². The summed E-state index contributed by atoms with van der Waals surface area (Å²) in [6, 6.07) is 6.30. The minimum atomic E-state index is -1.35. The summed E-state index contributed by atoms with van der Waals surface area (Å²) in [4.78, 5) is 22.2. The molecular formula is C10H9ClNO4-. The van der Waals surface area contributed by atoms with E-state index in [1.165, 1.54) is 6.07 Å². The molecule has 0 bridgehead atoms. The van der Waals surface area contributed by atoms with Crippen molar-refractivity contribution in [1.82, 2.24) is 0 Å². The minimum absolute atomic E-state index is 0.409. The van der Waals surface area contributed by atoms with Crippen molar-refractivity contribution < 1.29 is 19.8 Å². The van der Waals surface area contributed by atoms with Gasteiger partial charge in [0.25, 0.3) is 0 Å². The molecule has 0 unspecified atom stereocenters. The number of anilines is 1. The molecule has 86 valence electrons. The zero-order valence-corrected chi connectivity index (χ0v) is 8.98. The van der Waals surface area contributed by atoms with E-state index in [-0.39, 0.29) is 0 Å². The average Bonchev–Trinajstić information content (AvgIpc) is 2.15. The van der Waals surface area contributed by atoms with Crippen LogP contribution in [0, 0.1) is 0 Å².